The second-order valence-corrected chi connectivity index (χ2v) is 6.34. The Morgan fingerprint density at radius 1 is 1.43 bits per heavy atom. The molecule has 1 aliphatic heterocycles. The number of nitrogens with one attached hydrogen (secondary N) is 2. The fourth-order valence-electron chi connectivity index (χ4n) is 2.42. The minimum absolute atomic E-state index is 0.0471. The maximum absolute atomic E-state index is 12.3. The van der Waals surface area contributed by atoms with Crippen LogP contribution in [0.15, 0.2) is 24.3 Å². The highest BCUT2D eigenvalue weighted by Gasteiger charge is 2.26. The first kappa shape index (κ1) is 15.8. The molecule has 0 radical (unpaired) electrons. The fraction of sp³-hybridized carbons (Fsp3) is 0.588. The molecule has 0 saturated heterocycles. The van der Waals surface area contributed by atoms with Gasteiger partial charge in [0.05, 0.1) is 12.6 Å². The van der Waals surface area contributed by atoms with E-state index in [0.717, 1.165) is 24.2 Å². The highest BCUT2D eigenvalue weighted by molar-refractivity contribution is 5.82. The number of para-hydroxylation sites is 1. The Bertz CT molecular complexity index is 499. The van der Waals surface area contributed by atoms with E-state index in [1.54, 1.807) is 0 Å². The zero-order valence-corrected chi connectivity index (χ0v) is 13.4. The summed E-state index contributed by atoms with van der Waals surface area (Å²) in [7, 11) is 0. The minimum Gasteiger partial charge on any atom is -0.493 e. The minimum atomic E-state index is -0.230. The number of hydrogen-bond acceptors (Lipinski definition) is 3. The Kier molecular flexibility index (Phi) is 4.88. The molecule has 0 fully saturated rings. The Labute approximate surface area is 127 Å². The van der Waals surface area contributed by atoms with Crippen molar-refractivity contribution >= 4 is 5.91 Å². The zero-order chi connectivity index (χ0) is 15.5. The molecule has 4 heteroatoms. The van der Waals surface area contributed by atoms with E-state index in [2.05, 4.69) is 23.6 Å². The zero-order valence-electron chi connectivity index (χ0n) is 13.4. The average Bonchev–Trinajstić information content (AvgIpc) is 2.47. The van der Waals surface area contributed by atoms with Crippen LogP contribution in [0, 0.1) is 0 Å². The van der Waals surface area contributed by atoms with Gasteiger partial charge in [-0.15, -0.1) is 0 Å². The van der Waals surface area contributed by atoms with Crippen LogP contribution in [0.5, 0.6) is 5.75 Å². The number of benzene rings is 1. The SMILES string of the molecule is CCC(C)(C)NC(=O)C(C)NC1CCOc2ccccc21. The molecule has 4 nitrogen and oxygen atoms in total. The van der Waals surface area contributed by atoms with Crippen molar-refractivity contribution in [2.45, 2.75) is 58.2 Å². The molecular formula is C17H26N2O2. The van der Waals surface area contributed by atoms with Gasteiger partial charge in [0.15, 0.2) is 0 Å². The van der Waals surface area contributed by atoms with E-state index < -0.39 is 0 Å². The van der Waals surface area contributed by atoms with Crippen molar-refractivity contribution in [1.82, 2.24) is 10.6 Å². The van der Waals surface area contributed by atoms with Crippen LogP contribution in [0.3, 0.4) is 0 Å². The Hall–Kier alpha value is -1.55. The van der Waals surface area contributed by atoms with Crippen molar-refractivity contribution in [1.29, 1.82) is 0 Å². The lowest BCUT2D eigenvalue weighted by molar-refractivity contribution is -0.124. The standard InChI is InChI=1S/C17H26N2O2/c1-5-17(3,4)19-16(20)12(2)18-14-10-11-21-15-9-7-6-8-13(14)15/h6-9,12,14,18H,5,10-11H2,1-4H3,(H,19,20). The monoisotopic (exact) mass is 290 g/mol. The Balaban J connectivity index is 2.01. The van der Waals surface area contributed by atoms with E-state index in [1.165, 1.54) is 0 Å². The van der Waals surface area contributed by atoms with Crippen molar-refractivity contribution in [2.75, 3.05) is 6.61 Å². The van der Waals surface area contributed by atoms with E-state index in [1.807, 2.05) is 39.0 Å². The number of fused-ring (bicyclic) bond motifs is 1. The molecule has 1 heterocycles. The molecule has 2 atom stereocenters. The predicted molar refractivity (Wildman–Crippen MR) is 84.4 cm³/mol. The quantitative estimate of drug-likeness (QED) is 0.876. The first-order valence-corrected chi connectivity index (χ1v) is 7.73. The molecule has 21 heavy (non-hydrogen) atoms. The summed E-state index contributed by atoms with van der Waals surface area (Å²) in [5.74, 6) is 0.966. The highest BCUT2D eigenvalue weighted by atomic mass is 16.5. The summed E-state index contributed by atoms with van der Waals surface area (Å²) in [6.07, 6.45) is 1.79. The second kappa shape index (κ2) is 6.48. The fourth-order valence-corrected chi connectivity index (χ4v) is 2.42. The molecule has 1 amide bonds. The Morgan fingerprint density at radius 3 is 2.86 bits per heavy atom. The van der Waals surface area contributed by atoms with Gasteiger partial charge in [0.1, 0.15) is 5.75 Å². The number of ether oxygens (including phenoxy) is 1. The molecule has 1 aromatic carbocycles. The maximum Gasteiger partial charge on any atom is 0.237 e. The lowest BCUT2D eigenvalue weighted by Crippen LogP contribution is -2.51. The first-order chi connectivity index (χ1) is 9.93. The lowest BCUT2D eigenvalue weighted by Gasteiger charge is -2.31. The second-order valence-electron chi connectivity index (χ2n) is 6.34. The molecule has 0 bridgehead atoms. The molecule has 116 valence electrons. The largest absolute Gasteiger partial charge is 0.493 e. The van der Waals surface area contributed by atoms with Crippen molar-refractivity contribution in [3.63, 3.8) is 0 Å². The van der Waals surface area contributed by atoms with Gasteiger partial charge in [-0.05, 0) is 33.3 Å². The van der Waals surface area contributed by atoms with Crippen molar-refractivity contribution in [3.05, 3.63) is 29.8 Å². The Morgan fingerprint density at radius 2 is 2.14 bits per heavy atom. The summed E-state index contributed by atoms with van der Waals surface area (Å²) in [6.45, 7) is 8.76. The summed E-state index contributed by atoms with van der Waals surface area (Å²) in [5, 5.41) is 6.52. The van der Waals surface area contributed by atoms with Gasteiger partial charge in [0.2, 0.25) is 5.91 Å². The molecule has 0 aromatic heterocycles. The van der Waals surface area contributed by atoms with E-state index >= 15 is 0 Å². The predicted octanol–water partition coefficient (Wildman–Crippen LogP) is 2.79. The summed E-state index contributed by atoms with van der Waals surface area (Å²) in [5.41, 5.74) is 0.971. The molecular weight excluding hydrogens is 264 g/mol. The van der Waals surface area contributed by atoms with Gasteiger partial charge < -0.3 is 10.1 Å². The molecule has 0 spiro atoms. The smallest absolute Gasteiger partial charge is 0.237 e. The molecule has 2 unspecified atom stereocenters. The van der Waals surface area contributed by atoms with Crippen LogP contribution in [0.4, 0.5) is 0 Å². The third-order valence-electron chi connectivity index (χ3n) is 4.15. The van der Waals surface area contributed by atoms with Crippen LogP contribution in [-0.4, -0.2) is 24.1 Å². The maximum atomic E-state index is 12.3. The van der Waals surface area contributed by atoms with Crippen molar-refractivity contribution in [2.24, 2.45) is 0 Å². The van der Waals surface area contributed by atoms with Crippen molar-refractivity contribution < 1.29 is 9.53 Å². The summed E-state index contributed by atoms with van der Waals surface area (Å²) >= 11 is 0. The molecule has 0 aliphatic carbocycles. The van der Waals surface area contributed by atoms with Gasteiger partial charge in [-0.1, -0.05) is 25.1 Å². The molecule has 1 aliphatic rings. The molecule has 2 N–H and O–H groups in total. The van der Waals surface area contributed by atoms with Crippen LogP contribution in [0.1, 0.15) is 52.1 Å². The van der Waals surface area contributed by atoms with Gasteiger partial charge >= 0.3 is 0 Å². The average molecular weight is 290 g/mol. The first-order valence-electron chi connectivity index (χ1n) is 7.73. The number of rotatable bonds is 5. The van der Waals surface area contributed by atoms with E-state index in [9.17, 15) is 4.79 Å². The third kappa shape index (κ3) is 3.97. The number of hydrogen-bond donors (Lipinski definition) is 2. The van der Waals surface area contributed by atoms with Crippen LogP contribution in [0.25, 0.3) is 0 Å². The third-order valence-corrected chi connectivity index (χ3v) is 4.15. The van der Waals surface area contributed by atoms with Gasteiger partial charge in [-0.2, -0.15) is 0 Å². The molecule has 0 saturated carbocycles. The number of amides is 1. The molecule has 1 aromatic rings. The van der Waals surface area contributed by atoms with Gasteiger partial charge in [-0.3, -0.25) is 10.1 Å². The van der Waals surface area contributed by atoms with Gasteiger partial charge in [0.25, 0.3) is 0 Å². The van der Waals surface area contributed by atoms with Crippen LogP contribution in [0.2, 0.25) is 0 Å². The topological polar surface area (TPSA) is 50.4 Å². The molecule has 2 rings (SSSR count). The number of carbonyl (C=O) groups is 1. The normalized spacial score (nSPS) is 19.3. The van der Waals surface area contributed by atoms with Crippen molar-refractivity contribution in [3.8, 4) is 5.75 Å². The summed E-state index contributed by atoms with van der Waals surface area (Å²) < 4.78 is 5.65. The van der Waals surface area contributed by atoms with Gasteiger partial charge in [-0.25, -0.2) is 0 Å². The number of carbonyl (C=O) groups excluding carboxylic acids is 1. The van der Waals surface area contributed by atoms with E-state index in [4.69, 9.17) is 4.74 Å². The summed E-state index contributed by atoms with van der Waals surface area (Å²) in [6, 6.07) is 7.96. The lowest BCUT2D eigenvalue weighted by atomic mass is 9.99. The van der Waals surface area contributed by atoms with E-state index in [-0.39, 0.29) is 23.5 Å². The van der Waals surface area contributed by atoms with Crippen LogP contribution >= 0.6 is 0 Å². The van der Waals surface area contributed by atoms with Crippen LogP contribution < -0.4 is 15.4 Å². The highest BCUT2D eigenvalue weighted by Crippen LogP contribution is 2.31. The van der Waals surface area contributed by atoms with Crippen LogP contribution in [-0.2, 0) is 4.79 Å². The summed E-state index contributed by atoms with van der Waals surface area (Å²) in [4.78, 5) is 12.3. The van der Waals surface area contributed by atoms with E-state index in [0.29, 0.717) is 6.61 Å². The van der Waals surface area contributed by atoms with Gasteiger partial charge in [0, 0.05) is 23.6 Å².